The number of rotatable bonds is 6. The van der Waals surface area contributed by atoms with Crippen LogP contribution in [-0.2, 0) is 9.09 Å². The van der Waals surface area contributed by atoms with Crippen LogP contribution in [0, 0.1) is 0 Å². The van der Waals surface area contributed by atoms with Crippen molar-refractivity contribution in [2.45, 2.75) is 26.3 Å². The van der Waals surface area contributed by atoms with Crippen LogP contribution in [0.15, 0.2) is 0 Å². The van der Waals surface area contributed by atoms with Gasteiger partial charge in [0.1, 0.15) is 0 Å². The van der Waals surface area contributed by atoms with Crippen LogP contribution in [0.25, 0.3) is 0 Å². The number of hydrogen-bond donors (Lipinski definition) is 2. The number of nitrogens with one attached hydrogen (secondary N) is 1. The summed E-state index contributed by atoms with van der Waals surface area (Å²) in [6.07, 6.45) is 0.840. The summed E-state index contributed by atoms with van der Waals surface area (Å²) in [5.41, 5.74) is 0. The van der Waals surface area contributed by atoms with E-state index in [0.717, 1.165) is 6.42 Å². The lowest BCUT2D eigenvalue weighted by Crippen LogP contribution is -2.27. The Morgan fingerprint density at radius 2 is 2.25 bits per heavy atom. The van der Waals surface area contributed by atoms with Gasteiger partial charge in [-0.15, -0.1) is 0 Å². The van der Waals surface area contributed by atoms with Crippen LogP contribution in [0.5, 0.6) is 0 Å². The van der Waals surface area contributed by atoms with Gasteiger partial charge in [-0.3, -0.25) is 4.57 Å². The van der Waals surface area contributed by atoms with Gasteiger partial charge in [-0.1, -0.05) is 6.92 Å². The van der Waals surface area contributed by atoms with Gasteiger partial charge in [0.05, 0.1) is 13.2 Å². The van der Waals surface area contributed by atoms with E-state index in [2.05, 4.69) is 5.09 Å². The summed E-state index contributed by atoms with van der Waals surface area (Å²) in [6, 6.07) is -0.183. The largest absolute Gasteiger partial charge is 0.395 e. The minimum Gasteiger partial charge on any atom is -0.395 e. The first-order chi connectivity index (χ1) is 5.52. The van der Waals surface area contributed by atoms with Crippen LogP contribution in [0.4, 0.5) is 0 Å². The molecule has 4 nitrogen and oxygen atoms in total. The molecule has 0 aromatic carbocycles. The smallest absolute Gasteiger partial charge is 0.267 e. The molecule has 0 fully saturated rings. The van der Waals surface area contributed by atoms with E-state index in [0.29, 0.717) is 6.61 Å². The highest BCUT2D eigenvalue weighted by atomic mass is 31.2. The van der Waals surface area contributed by atoms with E-state index in [4.69, 9.17) is 9.63 Å². The molecule has 0 aliphatic carbocycles. The normalized spacial score (nSPS) is 18.7. The summed E-state index contributed by atoms with van der Waals surface area (Å²) in [5, 5.41) is 11.4. The van der Waals surface area contributed by atoms with Crippen LogP contribution in [-0.4, -0.2) is 31.0 Å². The molecule has 0 aliphatic rings. The summed E-state index contributed by atoms with van der Waals surface area (Å²) in [4.78, 5) is 0. The van der Waals surface area contributed by atoms with E-state index in [9.17, 15) is 4.57 Å². The number of hydrogen-bond acceptors (Lipinski definition) is 3. The lowest BCUT2D eigenvalue weighted by molar-refractivity contribution is 0.252. The van der Waals surface area contributed by atoms with Crippen LogP contribution in [0.2, 0.25) is 0 Å². The third-order valence-electron chi connectivity index (χ3n) is 1.27. The van der Waals surface area contributed by atoms with Crippen molar-refractivity contribution in [2.75, 3.05) is 19.9 Å². The standard InChI is InChI=1S/C7H18NO3P/c1-4-5-11-12(3,10)8-7(2)6-9/h7,9H,4-6H2,1-3H3,(H,8,10). The summed E-state index contributed by atoms with van der Waals surface area (Å²) < 4.78 is 16.6. The molecule has 0 bridgehead atoms. The summed E-state index contributed by atoms with van der Waals surface area (Å²) in [6.45, 7) is 5.68. The predicted octanol–water partition coefficient (Wildman–Crippen LogP) is 1.21. The van der Waals surface area contributed by atoms with Crippen molar-refractivity contribution in [2.24, 2.45) is 0 Å². The fourth-order valence-corrected chi connectivity index (χ4v) is 2.23. The van der Waals surface area contributed by atoms with Crippen LogP contribution in [0.3, 0.4) is 0 Å². The Hall–Kier alpha value is 0.110. The average molecular weight is 195 g/mol. The minimum absolute atomic E-state index is 0.0344. The van der Waals surface area contributed by atoms with Crippen LogP contribution >= 0.6 is 7.52 Å². The zero-order valence-corrected chi connectivity index (χ0v) is 8.80. The lowest BCUT2D eigenvalue weighted by Gasteiger charge is -2.18. The van der Waals surface area contributed by atoms with E-state index in [-0.39, 0.29) is 12.6 Å². The average Bonchev–Trinajstić information content (AvgIpc) is 2.00. The number of aliphatic hydroxyl groups excluding tert-OH is 1. The Bertz CT molecular complexity index is 163. The molecule has 0 aliphatic heterocycles. The van der Waals surface area contributed by atoms with Crippen molar-refractivity contribution < 1.29 is 14.2 Å². The highest BCUT2D eigenvalue weighted by Gasteiger charge is 2.17. The third kappa shape index (κ3) is 5.72. The molecule has 0 aromatic rings. The lowest BCUT2D eigenvalue weighted by atomic mass is 10.4. The molecular weight excluding hydrogens is 177 g/mol. The first-order valence-corrected chi connectivity index (χ1v) is 6.19. The third-order valence-corrected chi connectivity index (χ3v) is 2.86. The van der Waals surface area contributed by atoms with E-state index >= 15 is 0 Å². The van der Waals surface area contributed by atoms with Gasteiger partial charge in [0.15, 0.2) is 0 Å². The Balaban J connectivity index is 3.78. The monoisotopic (exact) mass is 195 g/mol. The predicted molar refractivity (Wildman–Crippen MR) is 49.5 cm³/mol. The highest BCUT2D eigenvalue weighted by molar-refractivity contribution is 7.56. The Morgan fingerprint density at radius 1 is 1.67 bits per heavy atom. The molecular formula is C7H18NO3P. The van der Waals surface area contributed by atoms with Gasteiger partial charge in [0.2, 0.25) is 0 Å². The molecule has 0 amide bonds. The second-order valence-electron chi connectivity index (χ2n) is 2.89. The fraction of sp³-hybridized carbons (Fsp3) is 1.00. The zero-order chi connectivity index (χ0) is 9.61. The second-order valence-corrected chi connectivity index (χ2v) is 5.10. The molecule has 0 rings (SSSR count). The summed E-state index contributed by atoms with van der Waals surface area (Å²) in [7, 11) is -2.69. The molecule has 2 atom stereocenters. The van der Waals surface area contributed by atoms with Crippen molar-refractivity contribution >= 4 is 7.52 Å². The molecule has 12 heavy (non-hydrogen) atoms. The topological polar surface area (TPSA) is 58.6 Å². The molecule has 2 N–H and O–H groups in total. The fourth-order valence-electron chi connectivity index (χ4n) is 0.744. The molecule has 0 saturated heterocycles. The number of aliphatic hydroxyl groups is 1. The summed E-state index contributed by atoms with van der Waals surface area (Å²) >= 11 is 0. The molecule has 0 saturated carbocycles. The first-order valence-electron chi connectivity index (χ1n) is 4.12. The van der Waals surface area contributed by atoms with Gasteiger partial charge in [0.25, 0.3) is 7.52 Å². The molecule has 0 radical (unpaired) electrons. The Morgan fingerprint density at radius 3 is 2.67 bits per heavy atom. The molecule has 0 heterocycles. The van der Waals surface area contributed by atoms with Gasteiger partial charge in [0, 0.05) is 12.7 Å². The SMILES string of the molecule is CCCOP(C)(=O)NC(C)CO. The highest BCUT2D eigenvalue weighted by Crippen LogP contribution is 2.37. The summed E-state index contributed by atoms with van der Waals surface area (Å²) in [5.74, 6) is 0. The Kier molecular flexibility index (Phi) is 5.76. The van der Waals surface area contributed by atoms with Crippen molar-refractivity contribution in [3.05, 3.63) is 0 Å². The van der Waals surface area contributed by atoms with E-state index in [1.54, 1.807) is 6.92 Å². The molecule has 0 aromatic heterocycles. The van der Waals surface area contributed by atoms with E-state index in [1.165, 1.54) is 6.66 Å². The van der Waals surface area contributed by atoms with Crippen molar-refractivity contribution in [3.63, 3.8) is 0 Å². The van der Waals surface area contributed by atoms with Crippen molar-refractivity contribution in [3.8, 4) is 0 Å². The van der Waals surface area contributed by atoms with Crippen molar-refractivity contribution in [1.29, 1.82) is 0 Å². The van der Waals surface area contributed by atoms with Gasteiger partial charge in [-0.05, 0) is 13.3 Å². The van der Waals surface area contributed by atoms with Gasteiger partial charge in [-0.2, -0.15) is 0 Å². The van der Waals surface area contributed by atoms with Crippen LogP contribution in [0.1, 0.15) is 20.3 Å². The van der Waals surface area contributed by atoms with Crippen molar-refractivity contribution in [1.82, 2.24) is 5.09 Å². The quantitative estimate of drug-likeness (QED) is 0.625. The Labute approximate surface area is 73.8 Å². The molecule has 0 spiro atoms. The van der Waals surface area contributed by atoms with Gasteiger partial charge in [-0.25, -0.2) is 5.09 Å². The van der Waals surface area contributed by atoms with E-state index < -0.39 is 7.52 Å². The van der Waals surface area contributed by atoms with E-state index in [1.807, 2.05) is 6.92 Å². The van der Waals surface area contributed by atoms with Gasteiger partial charge >= 0.3 is 0 Å². The van der Waals surface area contributed by atoms with Crippen LogP contribution < -0.4 is 5.09 Å². The second kappa shape index (κ2) is 5.70. The molecule has 5 heteroatoms. The maximum atomic E-state index is 11.5. The molecule has 2 unspecified atom stereocenters. The molecule has 74 valence electrons. The zero-order valence-electron chi connectivity index (χ0n) is 7.91. The van der Waals surface area contributed by atoms with Gasteiger partial charge < -0.3 is 9.63 Å². The maximum absolute atomic E-state index is 11.5. The maximum Gasteiger partial charge on any atom is 0.267 e. The minimum atomic E-state index is -2.69. The first kappa shape index (κ1) is 12.1.